The van der Waals surface area contributed by atoms with Crippen LogP contribution < -0.4 is 4.74 Å². The third-order valence-corrected chi connectivity index (χ3v) is 4.83. The van der Waals surface area contributed by atoms with Crippen molar-refractivity contribution in [1.82, 2.24) is 14.8 Å². The number of hydrogen-bond donors (Lipinski definition) is 1. The molecule has 0 fully saturated rings. The standard InChI is InChI=1S/C17H20BrN3O3S/c1-4-7-21-15(19-20-17(21)25-10-16(22)23)9-24-14-6-5-12(18)8-13(14)11(2)3/h4-6,8,11H,1,7,9-10H2,2-3H3,(H,22,23). The van der Waals surface area contributed by atoms with Crippen LogP contribution in [-0.2, 0) is 17.9 Å². The number of benzene rings is 1. The first-order chi connectivity index (χ1) is 11.9. The summed E-state index contributed by atoms with van der Waals surface area (Å²) in [5.41, 5.74) is 1.10. The Morgan fingerprint density at radius 3 is 2.88 bits per heavy atom. The molecule has 1 aromatic heterocycles. The molecule has 0 unspecified atom stereocenters. The van der Waals surface area contributed by atoms with E-state index in [4.69, 9.17) is 9.84 Å². The second kappa shape index (κ2) is 9.05. The number of hydrogen-bond acceptors (Lipinski definition) is 5. The molecule has 0 saturated heterocycles. The lowest BCUT2D eigenvalue weighted by Gasteiger charge is -2.15. The number of carbonyl (C=O) groups is 1. The number of halogens is 1. The molecule has 1 heterocycles. The van der Waals surface area contributed by atoms with Gasteiger partial charge in [0.2, 0.25) is 0 Å². The minimum atomic E-state index is -0.896. The molecular formula is C17H20BrN3O3S. The average Bonchev–Trinajstić information content (AvgIpc) is 2.94. The van der Waals surface area contributed by atoms with E-state index < -0.39 is 5.97 Å². The Kier molecular flexibility index (Phi) is 7.07. The maximum Gasteiger partial charge on any atom is 0.313 e. The Hall–Kier alpha value is -1.80. The number of carboxylic acids is 1. The van der Waals surface area contributed by atoms with E-state index in [9.17, 15) is 4.79 Å². The summed E-state index contributed by atoms with van der Waals surface area (Å²) in [5.74, 6) is 0.782. The molecule has 25 heavy (non-hydrogen) atoms. The molecule has 0 saturated carbocycles. The first-order valence-corrected chi connectivity index (χ1v) is 9.50. The van der Waals surface area contributed by atoms with E-state index >= 15 is 0 Å². The SMILES string of the molecule is C=CCn1c(COc2ccc(Br)cc2C(C)C)nnc1SCC(=O)O. The molecule has 0 atom stereocenters. The summed E-state index contributed by atoms with van der Waals surface area (Å²) in [5, 5.41) is 17.6. The van der Waals surface area contributed by atoms with Gasteiger partial charge in [0, 0.05) is 11.0 Å². The number of nitrogens with zero attached hydrogens (tertiary/aromatic N) is 3. The Bertz CT molecular complexity index is 762. The van der Waals surface area contributed by atoms with Crippen molar-refractivity contribution in [1.29, 1.82) is 0 Å². The molecule has 0 aliphatic heterocycles. The zero-order valence-electron chi connectivity index (χ0n) is 14.1. The number of carboxylic acid groups (broad SMARTS) is 1. The van der Waals surface area contributed by atoms with E-state index in [1.807, 2.05) is 22.8 Å². The van der Waals surface area contributed by atoms with Crippen LogP contribution in [0, 0.1) is 0 Å². The topological polar surface area (TPSA) is 77.2 Å². The molecule has 2 aromatic rings. The minimum absolute atomic E-state index is 0.0691. The molecule has 0 radical (unpaired) electrons. The summed E-state index contributed by atoms with van der Waals surface area (Å²) in [6.45, 7) is 8.68. The molecule has 0 amide bonds. The van der Waals surface area contributed by atoms with Gasteiger partial charge in [0.05, 0.1) is 5.75 Å². The van der Waals surface area contributed by atoms with Crippen molar-refractivity contribution in [3.8, 4) is 5.75 Å². The number of rotatable bonds is 9. The van der Waals surface area contributed by atoms with Crippen LogP contribution in [-0.4, -0.2) is 31.6 Å². The molecule has 2 rings (SSSR count). The molecule has 8 heteroatoms. The predicted octanol–water partition coefficient (Wildman–Crippen LogP) is 4.11. The highest BCUT2D eigenvalue weighted by atomic mass is 79.9. The third-order valence-electron chi connectivity index (χ3n) is 3.38. The second-order valence-corrected chi connectivity index (χ2v) is 7.46. The van der Waals surface area contributed by atoms with Crippen LogP contribution >= 0.6 is 27.7 Å². The summed E-state index contributed by atoms with van der Waals surface area (Å²) in [6, 6.07) is 5.90. The molecule has 0 aliphatic rings. The largest absolute Gasteiger partial charge is 0.485 e. The molecular weight excluding hydrogens is 406 g/mol. The van der Waals surface area contributed by atoms with Gasteiger partial charge in [0.25, 0.3) is 0 Å². The Morgan fingerprint density at radius 2 is 2.24 bits per heavy atom. The monoisotopic (exact) mass is 425 g/mol. The summed E-state index contributed by atoms with van der Waals surface area (Å²) < 4.78 is 8.78. The fourth-order valence-corrected chi connectivity index (χ4v) is 3.28. The number of ether oxygens (including phenoxy) is 1. The fourth-order valence-electron chi connectivity index (χ4n) is 2.22. The first kappa shape index (κ1) is 19.5. The zero-order chi connectivity index (χ0) is 18.4. The number of allylic oxidation sites excluding steroid dienone is 1. The van der Waals surface area contributed by atoms with Gasteiger partial charge in [0.15, 0.2) is 11.0 Å². The van der Waals surface area contributed by atoms with Gasteiger partial charge in [-0.1, -0.05) is 47.6 Å². The van der Waals surface area contributed by atoms with Crippen LogP contribution in [0.1, 0.15) is 31.2 Å². The van der Waals surface area contributed by atoms with E-state index in [2.05, 4.69) is 46.6 Å². The second-order valence-electron chi connectivity index (χ2n) is 5.61. The van der Waals surface area contributed by atoms with E-state index in [1.54, 1.807) is 6.08 Å². The molecule has 0 spiro atoms. The highest BCUT2D eigenvalue weighted by Gasteiger charge is 2.15. The Labute approximate surface area is 159 Å². The molecule has 1 N–H and O–H groups in total. The van der Waals surface area contributed by atoms with Crippen molar-refractivity contribution >= 4 is 33.7 Å². The van der Waals surface area contributed by atoms with E-state index in [1.165, 1.54) is 0 Å². The summed E-state index contributed by atoms with van der Waals surface area (Å²) in [7, 11) is 0. The van der Waals surface area contributed by atoms with Crippen molar-refractivity contribution in [3.05, 3.63) is 46.7 Å². The minimum Gasteiger partial charge on any atom is -0.485 e. The maximum atomic E-state index is 10.8. The quantitative estimate of drug-likeness (QED) is 0.481. The van der Waals surface area contributed by atoms with Crippen LogP contribution in [0.3, 0.4) is 0 Å². The molecule has 0 bridgehead atoms. The van der Waals surface area contributed by atoms with Crippen molar-refractivity contribution < 1.29 is 14.6 Å². The lowest BCUT2D eigenvalue weighted by Crippen LogP contribution is -2.09. The first-order valence-electron chi connectivity index (χ1n) is 7.72. The predicted molar refractivity (Wildman–Crippen MR) is 101 cm³/mol. The van der Waals surface area contributed by atoms with Crippen molar-refractivity contribution in [2.24, 2.45) is 0 Å². The van der Waals surface area contributed by atoms with Crippen LogP contribution in [0.4, 0.5) is 0 Å². The van der Waals surface area contributed by atoms with Crippen molar-refractivity contribution in [2.45, 2.75) is 38.1 Å². The van der Waals surface area contributed by atoms with Gasteiger partial charge >= 0.3 is 5.97 Å². The van der Waals surface area contributed by atoms with Crippen LogP contribution in [0.25, 0.3) is 0 Å². The summed E-state index contributed by atoms with van der Waals surface area (Å²) in [6.07, 6.45) is 1.72. The van der Waals surface area contributed by atoms with Crippen LogP contribution in [0.2, 0.25) is 0 Å². The van der Waals surface area contributed by atoms with E-state index in [-0.39, 0.29) is 12.4 Å². The van der Waals surface area contributed by atoms with Gasteiger partial charge in [-0.3, -0.25) is 9.36 Å². The summed E-state index contributed by atoms with van der Waals surface area (Å²) >= 11 is 4.61. The number of thioether (sulfide) groups is 1. The number of aromatic nitrogens is 3. The molecule has 134 valence electrons. The highest BCUT2D eigenvalue weighted by Crippen LogP contribution is 2.30. The van der Waals surface area contributed by atoms with Crippen molar-refractivity contribution in [3.63, 3.8) is 0 Å². The molecule has 1 aromatic carbocycles. The third kappa shape index (κ3) is 5.34. The molecule has 6 nitrogen and oxygen atoms in total. The average molecular weight is 426 g/mol. The van der Waals surface area contributed by atoms with Gasteiger partial charge < -0.3 is 9.84 Å². The normalized spacial score (nSPS) is 10.9. The van der Waals surface area contributed by atoms with Gasteiger partial charge in [-0.25, -0.2) is 0 Å². The van der Waals surface area contributed by atoms with Gasteiger partial charge in [-0.2, -0.15) is 0 Å². The van der Waals surface area contributed by atoms with Crippen LogP contribution in [0.15, 0.2) is 40.5 Å². The maximum absolute atomic E-state index is 10.8. The summed E-state index contributed by atoms with van der Waals surface area (Å²) in [4.78, 5) is 10.8. The lowest BCUT2D eigenvalue weighted by molar-refractivity contribution is -0.133. The Morgan fingerprint density at radius 1 is 1.48 bits per heavy atom. The Balaban J connectivity index is 2.18. The highest BCUT2D eigenvalue weighted by molar-refractivity contribution is 9.10. The van der Waals surface area contributed by atoms with Gasteiger partial charge in [0.1, 0.15) is 12.4 Å². The number of aliphatic carboxylic acids is 1. The molecule has 0 aliphatic carbocycles. The van der Waals surface area contributed by atoms with Gasteiger partial charge in [-0.05, 0) is 29.7 Å². The lowest BCUT2D eigenvalue weighted by atomic mass is 10.0. The fraction of sp³-hybridized carbons (Fsp3) is 0.353. The smallest absolute Gasteiger partial charge is 0.313 e. The van der Waals surface area contributed by atoms with E-state index in [0.717, 1.165) is 27.5 Å². The van der Waals surface area contributed by atoms with Crippen LogP contribution in [0.5, 0.6) is 5.75 Å². The van der Waals surface area contributed by atoms with E-state index in [0.29, 0.717) is 23.4 Å². The van der Waals surface area contributed by atoms with Gasteiger partial charge in [-0.15, -0.1) is 16.8 Å². The zero-order valence-corrected chi connectivity index (χ0v) is 16.5. The van der Waals surface area contributed by atoms with Crippen molar-refractivity contribution in [2.75, 3.05) is 5.75 Å².